The highest BCUT2D eigenvalue weighted by molar-refractivity contribution is 8.00. The Kier molecular flexibility index (Phi) is 13.9. The van der Waals surface area contributed by atoms with E-state index in [9.17, 15) is 0 Å². The number of hydrogen-bond acceptors (Lipinski definition) is 6. The van der Waals surface area contributed by atoms with Crippen LogP contribution in [0.1, 0.15) is 26.3 Å². The molecule has 96 heavy (non-hydrogen) atoms. The topological polar surface area (TPSA) is 22.2 Å². The molecule has 18 rings (SSSR count). The molecule has 0 amide bonds. The number of hydrogen-bond donors (Lipinski definition) is 0. The molecule has 4 aliphatic heterocycles. The van der Waals surface area contributed by atoms with Crippen LogP contribution in [0.15, 0.2) is 343 Å². The van der Waals surface area contributed by atoms with Gasteiger partial charge in [-0.15, -0.1) is 0 Å². The molecular weight excluding hydrogens is 1180 g/mol. The number of ether oxygens (including phenoxy) is 1. The Balaban J connectivity index is 0.895. The van der Waals surface area contributed by atoms with Crippen LogP contribution in [-0.2, 0) is 5.41 Å². The van der Waals surface area contributed by atoms with Crippen LogP contribution in [0.3, 0.4) is 0 Å². The predicted octanol–water partition coefficient (Wildman–Crippen LogP) is 20.1. The number of fused-ring (bicyclic) bond motifs is 8. The van der Waals surface area contributed by atoms with Gasteiger partial charge in [-0.05, 0) is 169 Å². The molecule has 0 fully saturated rings. The van der Waals surface area contributed by atoms with Crippen LogP contribution in [0.25, 0.3) is 33.4 Å². The molecule has 5 nitrogen and oxygen atoms in total. The molecular formula is C88H64B2N4OS. The first-order chi connectivity index (χ1) is 47.3. The summed E-state index contributed by atoms with van der Waals surface area (Å²) in [4.78, 5) is 12.4. The van der Waals surface area contributed by atoms with Gasteiger partial charge in [-0.25, -0.2) is 0 Å². The number of rotatable bonds is 11. The lowest BCUT2D eigenvalue weighted by Crippen LogP contribution is -2.63. The minimum absolute atomic E-state index is 0.0127. The van der Waals surface area contributed by atoms with Gasteiger partial charge in [0.25, 0.3) is 6.71 Å². The van der Waals surface area contributed by atoms with Gasteiger partial charge in [0, 0.05) is 78.3 Å². The van der Waals surface area contributed by atoms with Crippen molar-refractivity contribution in [3.63, 3.8) is 0 Å². The lowest BCUT2D eigenvalue weighted by atomic mass is 9.31. The zero-order valence-electron chi connectivity index (χ0n) is 53.5. The minimum Gasteiger partial charge on any atom is -0.458 e. The third-order valence-electron chi connectivity index (χ3n) is 19.7. The monoisotopic (exact) mass is 1250 g/mol. The molecule has 4 aliphatic rings. The molecule has 0 aliphatic carbocycles. The van der Waals surface area contributed by atoms with E-state index in [-0.39, 0.29) is 18.8 Å². The molecule has 4 heterocycles. The summed E-state index contributed by atoms with van der Waals surface area (Å²) in [6.07, 6.45) is 0. The average Bonchev–Trinajstić information content (AvgIpc) is 0.694. The van der Waals surface area contributed by atoms with E-state index in [1.54, 1.807) is 0 Å². The predicted molar refractivity (Wildman–Crippen MR) is 407 cm³/mol. The lowest BCUT2D eigenvalue weighted by Gasteiger charge is -2.44. The van der Waals surface area contributed by atoms with Crippen LogP contribution in [0.5, 0.6) is 11.5 Å². The SMILES string of the molecule is CC(C)(C)c1ccc(-c2ccccc2N2c3cc4c(cc3B3c5ccccc5Oc5cc(N(c6ccc(-c7ccccc7)cc6)c6ccc(-c7ccccc7)cc6)cc2c53)B2c3ccccc3N(c3ccccc3)c3cc(N(c5ccccc5)c5ccccc5)cc(c32)S4)cc1. The van der Waals surface area contributed by atoms with Crippen LogP contribution in [-0.4, -0.2) is 13.4 Å². The van der Waals surface area contributed by atoms with Crippen molar-refractivity contribution < 1.29 is 4.74 Å². The highest BCUT2D eigenvalue weighted by Crippen LogP contribution is 2.52. The summed E-state index contributed by atoms with van der Waals surface area (Å²) in [7, 11) is 0. The third kappa shape index (κ3) is 9.73. The molecule has 8 heteroatoms. The van der Waals surface area contributed by atoms with Gasteiger partial charge in [0.1, 0.15) is 11.5 Å². The van der Waals surface area contributed by atoms with Crippen LogP contribution >= 0.6 is 11.8 Å². The smallest absolute Gasteiger partial charge is 0.256 e. The van der Waals surface area contributed by atoms with Gasteiger partial charge in [-0.3, -0.25) is 0 Å². The summed E-state index contributed by atoms with van der Waals surface area (Å²) in [5.74, 6) is 1.69. The van der Waals surface area contributed by atoms with Crippen LogP contribution in [0.4, 0.5) is 68.2 Å². The fourth-order valence-electron chi connectivity index (χ4n) is 15.2. The van der Waals surface area contributed by atoms with Crippen molar-refractivity contribution in [3.05, 3.63) is 339 Å². The van der Waals surface area contributed by atoms with Gasteiger partial charge in [-0.2, -0.15) is 0 Å². The van der Waals surface area contributed by atoms with Gasteiger partial charge in [0.2, 0.25) is 6.71 Å². The maximum Gasteiger partial charge on any atom is 0.256 e. The van der Waals surface area contributed by atoms with Crippen molar-refractivity contribution >= 4 is 126 Å². The van der Waals surface area contributed by atoms with Crippen molar-refractivity contribution in [2.75, 3.05) is 19.6 Å². The summed E-state index contributed by atoms with van der Waals surface area (Å²) >= 11 is 1.90. The largest absolute Gasteiger partial charge is 0.458 e. The summed E-state index contributed by atoms with van der Waals surface area (Å²) in [5, 5.41) is 0. The zero-order chi connectivity index (χ0) is 64.0. The van der Waals surface area contributed by atoms with E-state index in [1.807, 2.05) is 11.8 Å². The normalized spacial score (nSPS) is 12.9. The number of nitrogens with zero attached hydrogens (tertiary/aromatic N) is 4. The molecule has 14 aromatic rings. The van der Waals surface area contributed by atoms with E-state index in [4.69, 9.17) is 4.74 Å². The maximum absolute atomic E-state index is 7.45. The minimum atomic E-state index is -0.189. The average molecular weight is 1250 g/mol. The number of benzene rings is 14. The van der Waals surface area contributed by atoms with Gasteiger partial charge >= 0.3 is 0 Å². The molecule has 0 saturated carbocycles. The van der Waals surface area contributed by atoms with Gasteiger partial charge < -0.3 is 24.3 Å². The van der Waals surface area contributed by atoms with Crippen molar-refractivity contribution in [1.29, 1.82) is 0 Å². The zero-order valence-corrected chi connectivity index (χ0v) is 54.3. The van der Waals surface area contributed by atoms with Crippen LogP contribution in [0.2, 0.25) is 0 Å². The first kappa shape index (κ1) is 57.2. The highest BCUT2D eigenvalue weighted by atomic mass is 32.2. The van der Waals surface area contributed by atoms with Crippen molar-refractivity contribution in [2.24, 2.45) is 0 Å². The second kappa shape index (κ2) is 23.2. The van der Waals surface area contributed by atoms with Crippen molar-refractivity contribution in [2.45, 2.75) is 36.0 Å². The Hall–Kier alpha value is -11.4. The van der Waals surface area contributed by atoms with Crippen LogP contribution in [0, 0.1) is 0 Å². The lowest BCUT2D eigenvalue weighted by molar-refractivity contribution is 0.487. The number of para-hydroxylation sites is 6. The van der Waals surface area contributed by atoms with E-state index >= 15 is 0 Å². The molecule has 454 valence electrons. The molecule has 0 saturated heterocycles. The number of anilines is 12. The second-order valence-corrected chi connectivity index (χ2v) is 27.5. The van der Waals surface area contributed by atoms with Gasteiger partial charge in [-0.1, -0.05) is 262 Å². The van der Waals surface area contributed by atoms with Crippen molar-refractivity contribution in [3.8, 4) is 44.9 Å². The molecule has 0 unspecified atom stereocenters. The standard InChI is InChI=1S/C88H64B2N4OS/c1-88(2,3)64-47-41-63(42-48-64)72-35-19-22-38-77(72)94-79-58-84-76(89-73-36-20-23-39-78(73)93(67-33-17-8-18-34-67)81-54-71(56-85(96-84)87(81)89)91(65-29-13-6-14-30-65)66-31-15-7-16-32-66)57-75(79)90-74-37-21-24-40-82(74)95-83-55-70(53-80(94)86(83)90)92(68-49-43-61(44-50-68)59-25-9-4-10-26-59)69-51-45-62(46-52-69)60-27-11-5-12-28-60/h4-58H,1-3H3. The Morgan fingerprint density at radius 1 is 0.302 bits per heavy atom. The molecule has 0 N–H and O–H groups in total. The van der Waals surface area contributed by atoms with Crippen molar-refractivity contribution in [1.82, 2.24) is 0 Å². The molecule has 0 radical (unpaired) electrons. The molecule has 14 aromatic carbocycles. The first-order valence-electron chi connectivity index (χ1n) is 33.2. The fourth-order valence-corrected chi connectivity index (χ4v) is 16.4. The van der Waals surface area contributed by atoms with E-state index < -0.39 is 0 Å². The Morgan fingerprint density at radius 3 is 1.38 bits per heavy atom. The van der Waals surface area contributed by atoms with Crippen LogP contribution < -0.4 is 57.1 Å². The van der Waals surface area contributed by atoms with E-state index in [1.165, 1.54) is 59.7 Å². The quantitative estimate of drug-likeness (QED) is 0.120. The first-order valence-corrected chi connectivity index (χ1v) is 34.0. The Morgan fingerprint density at radius 2 is 0.771 bits per heavy atom. The molecule has 0 atom stereocenters. The molecule has 0 aromatic heterocycles. The summed E-state index contributed by atoms with van der Waals surface area (Å²) in [6, 6.07) is 123. The van der Waals surface area contributed by atoms with Gasteiger partial charge in [0.15, 0.2) is 0 Å². The third-order valence-corrected chi connectivity index (χ3v) is 20.8. The summed E-state index contributed by atoms with van der Waals surface area (Å²) < 4.78 is 7.45. The highest BCUT2D eigenvalue weighted by Gasteiger charge is 2.47. The van der Waals surface area contributed by atoms with E-state index in [0.29, 0.717) is 0 Å². The van der Waals surface area contributed by atoms with Gasteiger partial charge in [0.05, 0.1) is 11.4 Å². The van der Waals surface area contributed by atoms with E-state index in [2.05, 4.69) is 374 Å². The second-order valence-electron chi connectivity index (χ2n) is 26.4. The summed E-state index contributed by atoms with van der Waals surface area (Å²) in [6.45, 7) is 6.58. The molecule has 0 spiro atoms. The fraction of sp³-hybridized carbons (Fsp3) is 0.0455. The maximum atomic E-state index is 7.45. The Bertz CT molecular complexity index is 5160. The Labute approximate surface area is 567 Å². The van der Waals surface area contributed by atoms with E-state index in [0.717, 1.165) is 102 Å². The summed E-state index contributed by atoms with van der Waals surface area (Å²) in [5.41, 5.74) is 28.7. The molecule has 0 bridgehead atoms.